The number of carbonyl (C=O) groups excluding carboxylic acids is 2. The number of hydrogen-bond donors (Lipinski definition) is 1. The number of nitrogens with one attached hydrogen (secondary N) is 1. The van der Waals surface area contributed by atoms with Gasteiger partial charge < -0.3 is 19.7 Å². The van der Waals surface area contributed by atoms with Gasteiger partial charge in [-0.3, -0.25) is 9.59 Å². The maximum absolute atomic E-state index is 13.1. The summed E-state index contributed by atoms with van der Waals surface area (Å²) in [6.07, 6.45) is 5.11. The first-order chi connectivity index (χ1) is 16.2. The zero-order valence-corrected chi connectivity index (χ0v) is 19.0. The van der Waals surface area contributed by atoms with Crippen molar-refractivity contribution in [3.63, 3.8) is 0 Å². The van der Waals surface area contributed by atoms with Crippen LogP contribution < -0.4 is 5.32 Å². The molecule has 3 aromatic rings. The highest BCUT2D eigenvalue weighted by Gasteiger charge is 2.28. The molecule has 1 aromatic heterocycles. The first-order valence-corrected chi connectivity index (χ1v) is 12.0. The highest BCUT2D eigenvalue weighted by Crippen LogP contribution is 2.23. The number of fused-ring (bicyclic) bond motifs is 3. The Hall–Kier alpha value is -3.19. The summed E-state index contributed by atoms with van der Waals surface area (Å²) in [6.45, 7) is 5.70. The Morgan fingerprint density at radius 3 is 2.52 bits per heavy atom. The third kappa shape index (κ3) is 4.78. The Morgan fingerprint density at radius 1 is 0.939 bits per heavy atom. The van der Waals surface area contributed by atoms with Gasteiger partial charge in [-0.25, -0.2) is 4.98 Å². The Balaban J connectivity index is 1.25. The first kappa shape index (κ1) is 21.6. The predicted octanol–water partition coefficient (Wildman–Crippen LogP) is 3.30. The minimum absolute atomic E-state index is 0.0650. The van der Waals surface area contributed by atoms with Gasteiger partial charge in [0.2, 0.25) is 0 Å². The third-order valence-electron chi connectivity index (χ3n) is 6.71. The van der Waals surface area contributed by atoms with Crippen LogP contribution in [-0.2, 0) is 13.1 Å². The number of likely N-dealkylation sites (tertiary alicyclic amines) is 1. The molecule has 2 amide bonds. The fourth-order valence-electron chi connectivity index (χ4n) is 4.87. The van der Waals surface area contributed by atoms with Crippen LogP contribution in [0.1, 0.15) is 52.2 Å². The molecule has 0 unspecified atom stereocenters. The standard InChI is InChI=1S/C26H31N5O2/c32-25(27-12-15-29-13-6-1-2-7-14-29)21-10-11-23-22(18-21)28-24-26(33)30(16-17-31(23)24)19-20-8-4-3-5-9-20/h3-5,8-11,18H,1-2,6-7,12-17,19H2,(H,27,32). The highest BCUT2D eigenvalue weighted by atomic mass is 16.2. The van der Waals surface area contributed by atoms with E-state index in [1.165, 1.54) is 25.7 Å². The number of nitrogens with zero attached hydrogens (tertiary/aromatic N) is 4. The smallest absolute Gasteiger partial charge is 0.290 e. The molecule has 0 spiro atoms. The van der Waals surface area contributed by atoms with Gasteiger partial charge in [0.15, 0.2) is 5.82 Å². The second kappa shape index (κ2) is 9.75. The first-order valence-electron chi connectivity index (χ1n) is 12.0. The summed E-state index contributed by atoms with van der Waals surface area (Å²) in [6, 6.07) is 15.6. The molecule has 33 heavy (non-hydrogen) atoms. The molecule has 2 aliphatic heterocycles. The van der Waals surface area contributed by atoms with E-state index in [9.17, 15) is 9.59 Å². The van der Waals surface area contributed by atoms with Crippen LogP contribution >= 0.6 is 0 Å². The van der Waals surface area contributed by atoms with Crippen LogP contribution in [0.15, 0.2) is 48.5 Å². The molecule has 172 valence electrons. The number of imidazole rings is 1. The van der Waals surface area contributed by atoms with Crippen molar-refractivity contribution in [2.24, 2.45) is 0 Å². The topological polar surface area (TPSA) is 70.5 Å². The molecule has 3 heterocycles. The summed E-state index contributed by atoms with van der Waals surface area (Å²) in [5.41, 5.74) is 3.29. The van der Waals surface area contributed by atoms with E-state index in [0.717, 1.165) is 30.7 Å². The summed E-state index contributed by atoms with van der Waals surface area (Å²) in [5.74, 6) is 0.297. The van der Waals surface area contributed by atoms with Gasteiger partial charge in [0.1, 0.15) is 0 Å². The van der Waals surface area contributed by atoms with Crippen LogP contribution in [0.4, 0.5) is 0 Å². The van der Waals surface area contributed by atoms with Crippen LogP contribution in [0.2, 0.25) is 0 Å². The third-order valence-corrected chi connectivity index (χ3v) is 6.71. The lowest BCUT2D eigenvalue weighted by Crippen LogP contribution is -2.39. The van der Waals surface area contributed by atoms with Gasteiger partial charge in [0.05, 0.1) is 11.0 Å². The van der Waals surface area contributed by atoms with Crippen molar-refractivity contribution in [2.45, 2.75) is 38.8 Å². The van der Waals surface area contributed by atoms with Crippen LogP contribution in [-0.4, -0.2) is 63.9 Å². The summed E-state index contributed by atoms with van der Waals surface area (Å²) in [7, 11) is 0. The molecular weight excluding hydrogens is 414 g/mol. The van der Waals surface area contributed by atoms with E-state index >= 15 is 0 Å². The summed E-state index contributed by atoms with van der Waals surface area (Å²) >= 11 is 0. The Bertz CT molecular complexity index is 1130. The fourth-order valence-corrected chi connectivity index (χ4v) is 4.87. The van der Waals surface area contributed by atoms with Crippen molar-refractivity contribution in [1.29, 1.82) is 0 Å². The number of rotatable bonds is 6. The second-order valence-electron chi connectivity index (χ2n) is 9.01. The van der Waals surface area contributed by atoms with Crippen LogP contribution in [0.5, 0.6) is 0 Å². The van der Waals surface area contributed by atoms with Crippen LogP contribution in [0, 0.1) is 0 Å². The molecule has 5 rings (SSSR count). The van der Waals surface area contributed by atoms with E-state index in [-0.39, 0.29) is 11.8 Å². The molecule has 2 aliphatic rings. The molecule has 7 nitrogen and oxygen atoms in total. The average Bonchev–Trinajstić information content (AvgIpc) is 3.01. The molecule has 0 bridgehead atoms. The van der Waals surface area contributed by atoms with Crippen molar-refractivity contribution < 1.29 is 9.59 Å². The van der Waals surface area contributed by atoms with E-state index in [0.29, 0.717) is 43.1 Å². The maximum atomic E-state index is 13.1. The van der Waals surface area contributed by atoms with E-state index in [4.69, 9.17) is 0 Å². The van der Waals surface area contributed by atoms with Gasteiger partial charge in [0, 0.05) is 38.3 Å². The SMILES string of the molecule is O=C(NCCN1CCCCCC1)c1ccc2c(c1)nc1n2CCN(Cc2ccccc2)C1=O. The summed E-state index contributed by atoms with van der Waals surface area (Å²) in [4.78, 5) is 34.7. The van der Waals surface area contributed by atoms with Crippen LogP contribution in [0.25, 0.3) is 11.0 Å². The van der Waals surface area contributed by atoms with E-state index in [1.54, 1.807) is 6.07 Å². The Labute approximate surface area is 194 Å². The molecule has 0 saturated carbocycles. The fraction of sp³-hybridized carbons (Fsp3) is 0.423. The predicted molar refractivity (Wildman–Crippen MR) is 128 cm³/mol. The van der Waals surface area contributed by atoms with E-state index in [1.807, 2.05) is 51.9 Å². The molecule has 1 N–H and O–H groups in total. The van der Waals surface area contributed by atoms with Crippen molar-refractivity contribution in [3.8, 4) is 0 Å². The lowest BCUT2D eigenvalue weighted by atomic mass is 10.2. The molecule has 0 atom stereocenters. The summed E-state index contributed by atoms with van der Waals surface area (Å²) in [5, 5.41) is 3.05. The van der Waals surface area contributed by atoms with Gasteiger partial charge in [0.25, 0.3) is 11.8 Å². The van der Waals surface area contributed by atoms with Crippen molar-refractivity contribution in [3.05, 3.63) is 65.5 Å². The largest absolute Gasteiger partial charge is 0.351 e. The molecule has 0 aliphatic carbocycles. The van der Waals surface area contributed by atoms with E-state index in [2.05, 4.69) is 15.2 Å². The molecule has 7 heteroatoms. The van der Waals surface area contributed by atoms with Gasteiger partial charge >= 0.3 is 0 Å². The molecule has 0 radical (unpaired) electrons. The molecule has 1 saturated heterocycles. The summed E-state index contributed by atoms with van der Waals surface area (Å²) < 4.78 is 1.97. The van der Waals surface area contributed by atoms with E-state index < -0.39 is 0 Å². The monoisotopic (exact) mass is 445 g/mol. The number of benzene rings is 2. The van der Waals surface area contributed by atoms with Crippen molar-refractivity contribution in [2.75, 3.05) is 32.7 Å². The van der Waals surface area contributed by atoms with Crippen molar-refractivity contribution in [1.82, 2.24) is 24.7 Å². The quantitative estimate of drug-likeness (QED) is 0.632. The average molecular weight is 446 g/mol. The van der Waals surface area contributed by atoms with Gasteiger partial charge in [-0.05, 0) is 49.7 Å². The second-order valence-corrected chi connectivity index (χ2v) is 9.01. The zero-order valence-electron chi connectivity index (χ0n) is 19.0. The number of aromatic nitrogens is 2. The van der Waals surface area contributed by atoms with Crippen LogP contribution in [0.3, 0.4) is 0 Å². The number of hydrogen-bond acceptors (Lipinski definition) is 4. The van der Waals surface area contributed by atoms with Crippen molar-refractivity contribution >= 4 is 22.8 Å². The maximum Gasteiger partial charge on any atom is 0.290 e. The molecule has 1 fully saturated rings. The minimum atomic E-state index is -0.0882. The number of amides is 2. The van der Waals surface area contributed by atoms with Gasteiger partial charge in [-0.15, -0.1) is 0 Å². The molecule has 2 aromatic carbocycles. The normalized spacial score (nSPS) is 17.1. The zero-order chi connectivity index (χ0) is 22.6. The lowest BCUT2D eigenvalue weighted by molar-refractivity contribution is 0.0685. The Morgan fingerprint density at radius 2 is 1.73 bits per heavy atom. The van der Waals surface area contributed by atoms with Gasteiger partial charge in [-0.1, -0.05) is 43.2 Å². The molecular formula is C26H31N5O2. The Kier molecular flexibility index (Phi) is 6.39. The lowest BCUT2D eigenvalue weighted by Gasteiger charge is -2.27. The minimum Gasteiger partial charge on any atom is -0.351 e. The number of carbonyl (C=O) groups is 2. The highest BCUT2D eigenvalue weighted by molar-refractivity contribution is 6.00. The van der Waals surface area contributed by atoms with Gasteiger partial charge in [-0.2, -0.15) is 0 Å².